The Bertz CT molecular complexity index is 329. The monoisotopic (exact) mass is 246 g/mol. The third-order valence-electron chi connectivity index (χ3n) is 3.55. The molecule has 0 heterocycles. The van der Waals surface area contributed by atoms with Crippen LogP contribution in [0, 0.1) is 0 Å². The van der Waals surface area contributed by atoms with Crippen LogP contribution in [0.15, 0.2) is 30.3 Å². The van der Waals surface area contributed by atoms with Crippen molar-refractivity contribution in [2.75, 3.05) is 0 Å². The van der Waals surface area contributed by atoms with Crippen LogP contribution in [-0.2, 0) is 4.79 Å². The van der Waals surface area contributed by atoms with Gasteiger partial charge in [0.15, 0.2) is 0 Å². The molecule has 100 valence electrons. The lowest BCUT2D eigenvalue weighted by atomic mass is 9.90. The molecule has 1 nitrogen and oxygen atoms in total. The summed E-state index contributed by atoms with van der Waals surface area (Å²) in [4.78, 5) is 11.9. The number of carbonyl (C=O) groups is 1. The summed E-state index contributed by atoms with van der Waals surface area (Å²) in [5.41, 5.74) is 1.31. The Kier molecular flexibility index (Phi) is 7.40. The molecule has 0 bridgehead atoms. The van der Waals surface area contributed by atoms with Gasteiger partial charge in [-0.2, -0.15) is 0 Å². The highest BCUT2D eigenvalue weighted by Gasteiger charge is 2.13. The zero-order valence-corrected chi connectivity index (χ0v) is 11.8. The molecule has 0 saturated heterocycles. The predicted octanol–water partition coefficient (Wildman–Crippen LogP) is 5.11. The van der Waals surface area contributed by atoms with Crippen LogP contribution in [0.4, 0.5) is 0 Å². The molecule has 0 N–H and O–H groups in total. The lowest BCUT2D eigenvalue weighted by Gasteiger charge is -2.14. The van der Waals surface area contributed by atoms with Crippen LogP contribution in [0.3, 0.4) is 0 Å². The Labute approximate surface area is 112 Å². The van der Waals surface area contributed by atoms with E-state index >= 15 is 0 Å². The molecule has 0 radical (unpaired) electrons. The Morgan fingerprint density at radius 1 is 1.06 bits per heavy atom. The Morgan fingerprint density at radius 2 is 1.78 bits per heavy atom. The number of hydrogen-bond donors (Lipinski definition) is 0. The summed E-state index contributed by atoms with van der Waals surface area (Å²) in [6.07, 6.45) is 7.28. The van der Waals surface area contributed by atoms with E-state index in [-0.39, 0.29) is 0 Å². The molecule has 0 spiro atoms. The van der Waals surface area contributed by atoms with Crippen molar-refractivity contribution in [3.8, 4) is 0 Å². The third kappa shape index (κ3) is 5.48. The van der Waals surface area contributed by atoms with Crippen molar-refractivity contribution in [1.29, 1.82) is 0 Å². The summed E-state index contributed by atoms with van der Waals surface area (Å²) in [6, 6.07) is 10.4. The van der Waals surface area contributed by atoms with Crippen molar-refractivity contribution in [3.05, 3.63) is 35.9 Å². The van der Waals surface area contributed by atoms with Gasteiger partial charge in [-0.15, -0.1) is 0 Å². The van der Waals surface area contributed by atoms with Gasteiger partial charge in [0.05, 0.1) is 0 Å². The van der Waals surface area contributed by atoms with Crippen molar-refractivity contribution in [1.82, 2.24) is 0 Å². The molecule has 1 atom stereocenters. The largest absolute Gasteiger partial charge is 0.300 e. The first-order valence-corrected chi connectivity index (χ1v) is 7.34. The van der Waals surface area contributed by atoms with E-state index in [2.05, 4.69) is 38.1 Å². The van der Waals surface area contributed by atoms with E-state index in [0.29, 0.717) is 18.1 Å². The molecular formula is C17H26O. The molecule has 18 heavy (non-hydrogen) atoms. The average Bonchev–Trinajstić information content (AvgIpc) is 2.42. The third-order valence-corrected chi connectivity index (χ3v) is 3.55. The highest BCUT2D eigenvalue weighted by atomic mass is 16.1. The molecule has 0 saturated carbocycles. The van der Waals surface area contributed by atoms with E-state index in [1.54, 1.807) is 0 Å². The molecule has 0 aliphatic rings. The highest BCUT2D eigenvalue weighted by molar-refractivity contribution is 5.79. The zero-order chi connectivity index (χ0) is 13.2. The van der Waals surface area contributed by atoms with Crippen molar-refractivity contribution in [2.45, 2.75) is 64.7 Å². The first-order valence-electron chi connectivity index (χ1n) is 7.34. The number of benzene rings is 1. The van der Waals surface area contributed by atoms with Crippen molar-refractivity contribution >= 4 is 5.78 Å². The summed E-state index contributed by atoms with van der Waals surface area (Å²) >= 11 is 0. The number of carbonyl (C=O) groups excluding carboxylic acids is 1. The van der Waals surface area contributed by atoms with Crippen LogP contribution in [0.5, 0.6) is 0 Å². The van der Waals surface area contributed by atoms with Gasteiger partial charge in [0.25, 0.3) is 0 Å². The summed E-state index contributed by atoms with van der Waals surface area (Å²) < 4.78 is 0. The second-order valence-electron chi connectivity index (χ2n) is 5.07. The van der Waals surface area contributed by atoms with Gasteiger partial charge in [0.1, 0.15) is 5.78 Å². The normalized spacial score (nSPS) is 12.3. The number of hydrogen-bond acceptors (Lipinski definition) is 1. The summed E-state index contributed by atoms with van der Waals surface area (Å²) in [7, 11) is 0. The number of Topliss-reactive ketones (excluding diaryl/α,β-unsaturated/α-hetero) is 1. The molecule has 0 aromatic heterocycles. The maximum absolute atomic E-state index is 11.9. The molecule has 1 aromatic rings. The van der Waals surface area contributed by atoms with E-state index in [0.717, 1.165) is 19.3 Å². The van der Waals surface area contributed by atoms with Crippen LogP contribution >= 0.6 is 0 Å². The molecular weight excluding hydrogens is 220 g/mol. The lowest BCUT2D eigenvalue weighted by molar-refractivity contribution is -0.119. The zero-order valence-electron chi connectivity index (χ0n) is 11.8. The summed E-state index contributed by atoms with van der Waals surface area (Å²) in [6.45, 7) is 4.37. The molecule has 0 aliphatic carbocycles. The fourth-order valence-electron chi connectivity index (χ4n) is 2.35. The maximum Gasteiger partial charge on any atom is 0.133 e. The summed E-state index contributed by atoms with van der Waals surface area (Å²) in [5, 5.41) is 0. The topological polar surface area (TPSA) is 17.1 Å². The van der Waals surface area contributed by atoms with E-state index in [1.807, 2.05) is 6.07 Å². The van der Waals surface area contributed by atoms with Gasteiger partial charge >= 0.3 is 0 Å². The Hall–Kier alpha value is -1.11. The molecule has 0 amide bonds. The Balaban J connectivity index is 2.37. The van der Waals surface area contributed by atoms with E-state index in [1.165, 1.54) is 24.8 Å². The lowest BCUT2D eigenvalue weighted by Crippen LogP contribution is -2.06. The minimum atomic E-state index is 0.407. The van der Waals surface area contributed by atoms with Crippen molar-refractivity contribution < 1.29 is 4.79 Å². The number of rotatable bonds is 9. The van der Waals surface area contributed by atoms with Crippen LogP contribution in [0.2, 0.25) is 0 Å². The number of unbranched alkanes of at least 4 members (excludes halogenated alkanes) is 3. The standard InChI is InChI=1S/C17H26O/c1-3-5-6-10-13-17(18)14-15(4-2)16-11-8-7-9-12-16/h7-9,11-12,15H,3-6,10,13-14H2,1-2H3. The van der Waals surface area contributed by atoms with Crippen LogP contribution in [0.25, 0.3) is 0 Å². The van der Waals surface area contributed by atoms with E-state index < -0.39 is 0 Å². The minimum absolute atomic E-state index is 0.407. The van der Waals surface area contributed by atoms with Gasteiger partial charge in [-0.3, -0.25) is 4.79 Å². The fourth-order valence-corrected chi connectivity index (χ4v) is 2.35. The van der Waals surface area contributed by atoms with Gasteiger partial charge in [-0.05, 0) is 24.3 Å². The van der Waals surface area contributed by atoms with Crippen molar-refractivity contribution in [3.63, 3.8) is 0 Å². The quantitative estimate of drug-likeness (QED) is 0.553. The van der Waals surface area contributed by atoms with Gasteiger partial charge < -0.3 is 0 Å². The van der Waals surface area contributed by atoms with Gasteiger partial charge in [0.2, 0.25) is 0 Å². The maximum atomic E-state index is 11.9. The van der Waals surface area contributed by atoms with Gasteiger partial charge in [-0.1, -0.05) is 63.4 Å². The average molecular weight is 246 g/mol. The predicted molar refractivity (Wildman–Crippen MR) is 77.9 cm³/mol. The fraction of sp³-hybridized carbons (Fsp3) is 0.588. The van der Waals surface area contributed by atoms with E-state index in [4.69, 9.17) is 0 Å². The molecule has 1 unspecified atom stereocenters. The first kappa shape index (κ1) is 14.9. The second-order valence-corrected chi connectivity index (χ2v) is 5.07. The molecule has 0 aliphatic heterocycles. The Morgan fingerprint density at radius 3 is 2.39 bits per heavy atom. The minimum Gasteiger partial charge on any atom is -0.300 e. The van der Waals surface area contributed by atoms with Crippen LogP contribution in [0.1, 0.15) is 70.3 Å². The van der Waals surface area contributed by atoms with Gasteiger partial charge in [0, 0.05) is 12.8 Å². The molecule has 1 aromatic carbocycles. The summed E-state index contributed by atoms with van der Waals surface area (Å²) in [5.74, 6) is 0.840. The number of ketones is 1. The van der Waals surface area contributed by atoms with Crippen molar-refractivity contribution in [2.24, 2.45) is 0 Å². The SMILES string of the molecule is CCCCCCC(=O)CC(CC)c1ccccc1. The van der Waals surface area contributed by atoms with Crippen LogP contribution < -0.4 is 0 Å². The van der Waals surface area contributed by atoms with Gasteiger partial charge in [-0.25, -0.2) is 0 Å². The molecule has 1 rings (SSSR count). The molecule has 0 fully saturated rings. The molecule has 1 heteroatoms. The van der Waals surface area contributed by atoms with E-state index in [9.17, 15) is 4.79 Å². The van der Waals surface area contributed by atoms with Crippen LogP contribution in [-0.4, -0.2) is 5.78 Å². The first-order chi connectivity index (χ1) is 8.77. The smallest absolute Gasteiger partial charge is 0.133 e. The highest BCUT2D eigenvalue weighted by Crippen LogP contribution is 2.24. The second kappa shape index (κ2) is 8.91.